The molecule has 0 fully saturated rings. The van der Waals surface area contributed by atoms with Gasteiger partial charge in [0.25, 0.3) is 0 Å². The van der Waals surface area contributed by atoms with E-state index >= 15 is 0 Å². The Hall–Kier alpha value is -4.40. The second kappa shape index (κ2) is 9.36. The van der Waals surface area contributed by atoms with Crippen molar-refractivity contribution in [3.63, 3.8) is 0 Å². The maximum Gasteiger partial charge on any atom is 0.134 e. The molecule has 0 amide bonds. The highest BCUT2D eigenvalue weighted by Gasteiger charge is 2.19. The number of fused-ring (bicyclic) bond motifs is 3. The number of hydrogen-bond donors (Lipinski definition) is 0. The molecule has 0 saturated carbocycles. The van der Waals surface area contributed by atoms with Crippen LogP contribution in [0.5, 0.6) is 0 Å². The van der Waals surface area contributed by atoms with Crippen molar-refractivity contribution in [2.24, 2.45) is 0 Å². The molecule has 194 valence electrons. The summed E-state index contributed by atoms with van der Waals surface area (Å²) in [7, 11) is -1.37. The highest BCUT2D eigenvalue weighted by atomic mass is 28.3. The summed E-state index contributed by atoms with van der Waals surface area (Å²) in [6.45, 7) is 9.34. The molecule has 7 rings (SSSR count). The number of benzene rings is 6. The van der Waals surface area contributed by atoms with Crippen molar-refractivity contribution in [3.8, 4) is 33.4 Å². The van der Waals surface area contributed by atoms with E-state index in [-0.39, 0.29) is 0 Å². The van der Waals surface area contributed by atoms with Gasteiger partial charge in [0.1, 0.15) is 5.58 Å². The zero-order chi connectivity index (χ0) is 27.4. The lowest BCUT2D eigenvalue weighted by Crippen LogP contribution is -2.37. The molecule has 6 aromatic carbocycles. The third-order valence-corrected chi connectivity index (χ3v) is 10.3. The van der Waals surface area contributed by atoms with Gasteiger partial charge >= 0.3 is 0 Å². The lowest BCUT2D eigenvalue weighted by molar-refractivity contribution is 0.617. The monoisotopic (exact) mass is 532 g/mol. The minimum Gasteiger partial charge on any atom is -0.464 e. The van der Waals surface area contributed by atoms with Crippen molar-refractivity contribution in [3.05, 3.63) is 127 Å². The minimum absolute atomic E-state index is 0.926. The first-order valence-corrected chi connectivity index (χ1v) is 17.5. The summed E-state index contributed by atoms with van der Waals surface area (Å²) in [5.74, 6) is 0. The third kappa shape index (κ3) is 4.08. The molecule has 1 nitrogen and oxygen atoms in total. The summed E-state index contributed by atoms with van der Waals surface area (Å²) in [4.78, 5) is 0. The molecular weight excluding hydrogens is 501 g/mol. The summed E-state index contributed by atoms with van der Waals surface area (Å²) in [5, 5.41) is 7.79. The van der Waals surface area contributed by atoms with Crippen LogP contribution in [0.25, 0.3) is 65.9 Å². The fourth-order valence-corrected chi connectivity index (χ4v) is 7.24. The van der Waals surface area contributed by atoms with Crippen molar-refractivity contribution >= 4 is 45.8 Å². The van der Waals surface area contributed by atoms with Gasteiger partial charge in [-0.1, -0.05) is 134 Å². The van der Waals surface area contributed by atoms with Gasteiger partial charge in [-0.05, 0) is 68.4 Å². The molecule has 0 aliphatic heterocycles. The van der Waals surface area contributed by atoms with Crippen LogP contribution < -0.4 is 5.19 Å². The summed E-state index contributed by atoms with van der Waals surface area (Å²) in [5.41, 5.74) is 9.56. The molecule has 0 atom stereocenters. The van der Waals surface area contributed by atoms with Crippen molar-refractivity contribution in [2.75, 3.05) is 0 Å². The Bertz CT molecular complexity index is 1960. The fourth-order valence-electron chi connectivity index (χ4n) is 6.07. The zero-order valence-electron chi connectivity index (χ0n) is 23.5. The van der Waals surface area contributed by atoms with E-state index < -0.39 is 8.07 Å². The fraction of sp³-hybridized carbons (Fsp3) is 0.105. The van der Waals surface area contributed by atoms with Crippen molar-refractivity contribution in [2.45, 2.75) is 26.6 Å². The van der Waals surface area contributed by atoms with Gasteiger partial charge in [-0.25, -0.2) is 0 Å². The van der Waals surface area contributed by atoms with Crippen molar-refractivity contribution in [1.82, 2.24) is 0 Å². The largest absolute Gasteiger partial charge is 0.464 e. The highest BCUT2D eigenvalue weighted by molar-refractivity contribution is 6.88. The normalized spacial score (nSPS) is 12.0. The minimum atomic E-state index is -1.37. The SMILES string of the molecule is Cc1ccc2occ(-c3ccc(-c4c5ccccc5c(-c5ccc([Si](C)(C)C)cc5)c5ccccc45)cc3)c2c1. The number of aryl methyl sites for hydroxylation is 1. The average Bonchev–Trinajstić information content (AvgIpc) is 3.38. The molecule has 0 spiro atoms. The quantitative estimate of drug-likeness (QED) is 0.162. The highest BCUT2D eigenvalue weighted by Crippen LogP contribution is 2.44. The van der Waals surface area contributed by atoms with Crippen LogP contribution in [-0.4, -0.2) is 8.07 Å². The van der Waals surface area contributed by atoms with Gasteiger partial charge < -0.3 is 4.42 Å². The van der Waals surface area contributed by atoms with E-state index in [1.165, 1.54) is 60.1 Å². The van der Waals surface area contributed by atoms with Crippen LogP contribution in [-0.2, 0) is 0 Å². The Morgan fingerprint density at radius 3 is 1.48 bits per heavy atom. The standard InChI is InChI=1S/C38H32OSi/c1-25-13-22-36-34(23-25)35(24-39-36)26-14-16-27(17-15-26)37-30-9-5-7-11-32(30)38(33-12-8-6-10-31(33)37)28-18-20-29(21-19-28)40(2,3)4/h5-24H,1-4H3. The molecule has 0 N–H and O–H groups in total. The lowest BCUT2D eigenvalue weighted by atomic mass is 9.86. The Labute approximate surface area is 236 Å². The van der Waals surface area contributed by atoms with E-state index in [9.17, 15) is 0 Å². The van der Waals surface area contributed by atoms with Crippen molar-refractivity contribution < 1.29 is 4.42 Å². The van der Waals surface area contributed by atoms with Gasteiger partial charge in [0, 0.05) is 10.9 Å². The van der Waals surface area contributed by atoms with Gasteiger partial charge in [0.05, 0.1) is 14.3 Å². The molecular formula is C38H32OSi. The van der Waals surface area contributed by atoms with E-state index in [0.717, 1.165) is 16.5 Å². The summed E-state index contributed by atoms with van der Waals surface area (Å²) in [6.07, 6.45) is 1.88. The number of furan rings is 1. The first-order chi connectivity index (χ1) is 19.4. The number of hydrogen-bond acceptors (Lipinski definition) is 1. The van der Waals surface area contributed by atoms with Crippen molar-refractivity contribution in [1.29, 1.82) is 0 Å². The molecule has 1 heterocycles. The first-order valence-electron chi connectivity index (χ1n) is 14.0. The zero-order valence-corrected chi connectivity index (χ0v) is 24.5. The third-order valence-electron chi connectivity index (χ3n) is 8.18. The molecule has 0 aliphatic carbocycles. The molecule has 7 aromatic rings. The summed E-state index contributed by atoms with van der Waals surface area (Å²) >= 11 is 0. The van der Waals surface area contributed by atoms with Gasteiger partial charge in [0.15, 0.2) is 0 Å². The van der Waals surface area contributed by atoms with Crippen LogP contribution >= 0.6 is 0 Å². The van der Waals surface area contributed by atoms with Crippen LogP contribution in [0.4, 0.5) is 0 Å². The van der Waals surface area contributed by atoms with E-state index in [2.05, 4.69) is 142 Å². The van der Waals surface area contributed by atoms with Gasteiger partial charge in [-0.3, -0.25) is 0 Å². The summed E-state index contributed by atoms with van der Waals surface area (Å²) < 4.78 is 5.87. The smallest absolute Gasteiger partial charge is 0.134 e. The number of rotatable bonds is 4. The predicted molar refractivity (Wildman–Crippen MR) is 175 cm³/mol. The van der Waals surface area contributed by atoms with Crippen LogP contribution in [0.15, 0.2) is 126 Å². The molecule has 1 aromatic heterocycles. The van der Waals surface area contributed by atoms with E-state index in [0.29, 0.717) is 0 Å². The van der Waals surface area contributed by atoms with E-state index in [1.54, 1.807) is 0 Å². The van der Waals surface area contributed by atoms with Gasteiger partial charge in [-0.15, -0.1) is 0 Å². The Kier molecular flexibility index (Phi) is 5.76. The topological polar surface area (TPSA) is 13.1 Å². The van der Waals surface area contributed by atoms with E-state index in [4.69, 9.17) is 4.42 Å². The first kappa shape index (κ1) is 24.6. The van der Waals surface area contributed by atoms with Gasteiger partial charge in [-0.2, -0.15) is 0 Å². The Morgan fingerprint density at radius 1 is 0.500 bits per heavy atom. The molecule has 0 radical (unpaired) electrons. The molecule has 0 aliphatic rings. The Balaban J connectivity index is 1.42. The predicted octanol–water partition coefficient (Wildman–Crippen LogP) is 10.6. The van der Waals surface area contributed by atoms with Crippen LogP contribution in [0, 0.1) is 6.92 Å². The summed E-state index contributed by atoms with van der Waals surface area (Å²) in [6, 6.07) is 42.4. The van der Waals surface area contributed by atoms with Crippen LogP contribution in [0.3, 0.4) is 0 Å². The van der Waals surface area contributed by atoms with Crippen LogP contribution in [0.2, 0.25) is 19.6 Å². The molecule has 2 heteroatoms. The molecule has 0 bridgehead atoms. The Morgan fingerprint density at radius 2 is 0.975 bits per heavy atom. The van der Waals surface area contributed by atoms with Crippen LogP contribution in [0.1, 0.15) is 5.56 Å². The molecule has 0 unspecified atom stereocenters. The maximum absolute atomic E-state index is 5.87. The second-order valence-corrected chi connectivity index (χ2v) is 17.0. The second-order valence-electron chi connectivity index (χ2n) is 11.9. The molecule has 0 saturated heterocycles. The maximum atomic E-state index is 5.87. The lowest BCUT2D eigenvalue weighted by Gasteiger charge is -2.20. The van der Waals surface area contributed by atoms with E-state index in [1.807, 2.05) is 6.26 Å². The van der Waals surface area contributed by atoms with Gasteiger partial charge in [0.2, 0.25) is 0 Å². The average molecular weight is 533 g/mol. The molecule has 40 heavy (non-hydrogen) atoms.